The molecule has 12 heteroatoms. The molecule has 4 aromatic heterocycles. The lowest BCUT2D eigenvalue weighted by Crippen LogP contribution is -2.19. The van der Waals surface area contributed by atoms with E-state index in [-0.39, 0.29) is 33.8 Å². The van der Waals surface area contributed by atoms with Crippen molar-refractivity contribution >= 4 is 22.4 Å². The Morgan fingerprint density at radius 3 is 2.69 bits per heavy atom. The van der Waals surface area contributed by atoms with Crippen LogP contribution in [0.15, 0.2) is 47.7 Å². The van der Waals surface area contributed by atoms with E-state index in [1.807, 2.05) is 0 Å². The summed E-state index contributed by atoms with van der Waals surface area (Å²) in [5.74, 6) is 1.70. The maximum Gasteiger partial charge on any atom is 0.280 e. The predicted molar refractivity (Wildman–Crippen MR) is 141 cm³/mol. The van der Waals surface area contributed by atoms with Crippen LogP contribution in [-0.4, -0.2) is 37.7 Å². The molecule has 2 saturated carbocycles. The van der Waals surface area contributed by atoms with Crippen molar-refractivity contribution < 1.29 is 18.3 Å². The first kappa shape index (κ1) is 25.2. The first-order valence-electron chi connectivity index (χ1n) is 12.5. The largest absolute Gasteiger partial charge is 0.494 e. The molecule has 9 nitrogen and oxygen atoms in total. The molecule has 0 bridgehead atoms. The van der Waals surface area contributed by atoms with Crippen molar-refractivity contribution in [3.63, 3.8) is 0 Å². The lowest BCUT2D eigenvalue weighted by atomic mass is 10.00. The molecule has 2 fully saturated rings. The third-order valence-corrected chi connectivity index (χ3v) is 8.09. The summed E-state index contributed by atoms with van der Waals surface area (Å²) >= 11 is 1.34. The average molecular weight is 551 g/mol. The van der Waals surface area contributed by atoms with Crippen molar-refractivity contribution in [2.24, 2.45) is 11.8 Å². The number of carbonyl (C=O) groups is 1. The summed E-state index contributed by atoms with van der Waals surface area (Å²) in [4.78, 5) is 34.2. The molecule has 0 spiro atoms. The van der Waals surface area contributed by atoms with Gasteiger partial charge in [0.1, 0.15) is 22.3 Å². The van der Waals surface area contributed by atoms with Gasteiger partial charge in [-0.1, -0.05) is 11.3 Å². The second-order valence-electron chi connectivity index (χ2n) is 9.85. The van der Waals surface area contributed by atoms with E-state index in [1.54, 1.807) is 19.2 Å². The topological polar surface area (TPSA) is 112 Å². The molecular weight excluding hydrogens is 526 g/mol. The molecule has 39 heavy (non-hydrogen) atoms. The Bertz CT molecular complexity index is 1630. The summed E-state index contributed by atoms with van der Waals surface area (Å²) in [6.07, 6.45) is 4.86. The van der Waals surface area contributed by atoms with Crippen LogP contribution in [0.2, 0.25) is 0 Å². The van der Waals surface area contributed by atoms with Crippen molar-refractivity contribution in [1.82, 2.24) is 24.7 Å². The molecule has 0 aliphatic heterocycles. The first-order chi connectivity index (χ1) is 18.8. The minimum absolute atomic E-state index is 0.0858. The molecule has 200 valence electrons. The van der Waals surface area contributed by atoms with E-state index >= 15 is 0 Å². The minimum Gasteiger partial charge on any atom is -0.494 e. The number of anilines is 1. The second-order valence-corrected chi connectivity index (χ2v) is 10.9. The number of hydrogen-bond acceptors (Lipinski definition) is 8. The molecule has 1 amide bonds. The van der Waals surface area contributed by atoms with E-state index in [0.717, 1.165) is 22.9 Å². The predicted octanol–water partition coefficient (Wildman–Crippen LogP) is 5.17. The summed E-state index contributed by atoms with van der Waals surface area (Å²) in [5.41, 5.74) is 0.503. The summed E-state index contributed by atoms with van der Waals surface area (Å²) in [7, 11) is 1.38. The van der Waals surface area contributed by atoms with Gasteiger partial charge in [0.25, 0.3) is 17.9 Å². The summed E-state index contributed by atoms with van der Waals surface area (Å²) in [6.45, 7) is 1.79. The summed E-state index contributed by atoms with van der Waals surface area (Å²) in [5, 5.41) is 12.5. The van der Waals surface area contributed by atoms with Crippen molar-refractivity contribution in [2.75, 3.05) is 12.4 Å². The lowest BCUT2D eigenvalue weighted by Gasteiger charge is -2.15. The number of aryl methyl sites for hydroxylation is 1. The van der Waals surface area contributed by atoms with E-state index < -0.39 is 18.0 Å². The number of rotatable bonds is 8. The molecule has 2 aliphatic rings. The molecule has 6 rings (SSSR count). The Morgan fingerprint density at radius 2 is 1.97 bits per heavy atom. The Labute approximate surface area is 225 Å². The SMILES string of the molecule is COc1cnc(C(F)F)cc1-c1cc(-n2ccc(C)cc2=O)ncc1C(=O)Nc1nnc(C2C[C@@H]2C2CC2)s1. The van der Waals surface area contributed by atoms with Gasteiger partial charge in [-0.25, -0.2) is 13.8 Å². The van der Waals surface area contributed by atoms with E-state index in [0.29, 0.717) is 17.0 Å². The summed E-state index contributed by atoms with van der Waals surface area (Å²) < 4.78 is 33.9. The van der Waals surface area contributed by atoms with Crippen LogP contribution in [0.3, 0.4) is 0 Å². The number of aromatic nitrogens is 5. The van der Waals surface area contributed by atoms with Gasteiger partial charge in [0, 0.05) is 35.5 Å². The van der Waals surface area contributed by atoms with Gasteiger partial charge in [-0.2, -0.15) is 0 Å². The van der Waals surface area contributed by atoms with Gasteiger partial charge < -0.3 is 4.74 Å². The molecule has 1 N–H and O–H groups in total. The van der Waals surface area contributed by atoms with Crippen LogP contribution in [0.25, 0.3) is 16.9 Å². The number of alkyl halides is 2. The van der Waals surface area contributed by atoms with E-state index in [4.69, 9.17) is 4.74 Å². The Hall–Kier alpha value is -4.06. The molecule has 4 aromatic rings. The smallest absolute Gasteiger partial charge is 0.280 e. The normalized spacial score (nSPS) is 18.3. The maximum atomic E-state index is 13.6. The van der Waals surface area contributed by atoms with E-state index in [9.17, 15) is 18.4 Å². The standard InChI is InChI=1S/C27H24F2N6O3S/c1-13-5-6-35(23(36)7-13)22-10-16(17-9-20(24(28)29)30-12-21(17)38-2)19(11-31-22)25(37)32-27-34-33-26(39-27)18-8-15(18)14-3-4-14/h5-7,9-12,14-15,18,24H,3-4,8H2,1-2H3,(H,32,34,37)/t15-,18?/m1/s1. The van der Waals surface area contributed by atoms with Crippen LogP contribution < -0.4 is 15.6 Å². The van der Waals surface area contributed by atoms with Crippen molar-refractivity contribution in [3.05, 3.63) is 75.0 Å². The number of nitrogens with zero attached hydrogens (tertiary/aromatic N) is 5. The zero-order valence-corrected chi connectivity index (χ0v) is 21.9. The van der Waals surface area contributed by atoms with Gasteiger partial charge in [-0.15, -0.1) is 10.2 Å². The molecule has 2 aliphatic carbocycles. The number of nitrogens with one attached hydrogen (secondary N) is 1. The third kappa shape index (κ3) is 5.03. The monoisotopic (exact) mass is 550 g/mol. The zero-order valence-electron chi connectivity index (χ0n) is 21.1. The number of pyridine rings is 3. The Balaban J connectivity index is 1.39. The van der Waals surface area contributed by atoms with Crippen molar-refractivity contribution in [1.29, 1.82) is 0 Å². The number of halogens is 2. The molecule has 0 saturated heterocycles. The molecule has 0 radical (unpaired) electrons. The fourth-order valence-electron chi connectivity index (χ4n) is 4.84. The van der Waals surface area contributed by atoms with Gasteiger partial charge >= 0.3 is 0 Å². The Kier molecular flexibility index (Phi) is 6.42. The van der Waals surface area contributed by atoms with Gasteiger partial charge in [0.2, 0.25) is 5.13 Å². The number of amides is 1. The van der Waals surface area contributed by atoms with Crippen molar-refractivity contribution in [2.45, 2.75) is 38.5 Å². The van der Waals surface area contributed by atoms with Crippen molar-refractivity contribution in [3.8, 4) is 22.7 Å². The quantitative estimate of drug-likeness (QED) is 0.322. The molecular formula is C27H24F2N6O3S. The van der Waals surface area contributed by atoms with Crippen LogP contribution in [0.5, 0.6) is 5.75 Å². The van der Waals surface area contributed by atoms with Crippen LogP contribution in [0.4, 0.5) is 13.9 Å². The van der Waals surface area contributed by atoms with Crippen LogP contribution in [0, 0.1) is 18.8 Å². The van der Waals surface area contributed by atoms with Gasteiger partial charge in [0.15, 0.2) is 0 Å². The number of hydrogen-bond donors (Lipinski definition) is 1. The molecule has 0 aromatic carbocycles. The van der Waals surface area contributed by atoms with Gasteiger partial charge in [0.05, 0.1) is 18.9 Å². The van der Waals surface area contributed by atoms with Gasteiger partial charge in [-0.3, -0.25) is 24.5 Å². The fraction of sp³-hybridized carbons (Fsp3) is 0.333. The van der Waals surface area contributed by atoms with Gasteiger partial charge in [-0.05, 0) is 61.8 Å². The van der Waals surface area contributed by atoms with Crippen LogP contribution in [-0.2, 0) is 0 Å². The molecule has 2 atom stereocenters. The second kappa shape index (κ2) is 9.92. The summed E-state index contributed by atoms with van der Waals surface area (Å²) in [6, 6.07) is 5.86. The average Bonchev–Trinajstić information content (AvgIpc) is 3.85. The Morgan fingerprint density at radius 1 is 1.15 bits per heavy atom. The number of carbonyl (C=O) groups excluding carboxylic acids is 1. The first-order valence-corrected chi connectivity index (χ1v) is 13.3. The molecule has 4 heterocycles. The zero-order chi connectivity index (χ0) is 27.3. The minimum atomic E-state index is -2.84. The molecule has 1 unspecified atom stereocenters. The highest BCUT2D eigenvalue weighted by Crippen LogP contribution is 2.59. The highest BCUT2D eigenvalue weighted by Gasteiger charge is 2.49. The third-order valence-electron chi connectivity index (χ3n) is 7.12. The van der Waals surface area contributed by atoms with E-state index in [1.165, 1.54) is 66.4 Å². The number of methoxy groups -OCH3 is 1. The number of ether oxygens (including phenoxy) is 1. The fourth-order valence-corrected chi connectivity index (χ4v) is 5.77. The van der Waals surface area contributed by atoms with Crippen LogP contribution >= 0.6 is 11.3 Å². The maximum absolute atomic E-state index is 13.6. The highest BCUT2D eigenvalue weighted by atomic mass is 32.1. The lowest BCUT2D eigenvalue weighted by molar-refractivity contribution is 0.102. The van der Waals surface area contributed by atoms with Crippen LogP contribution in [0.1, 0.15) is 58.2 Å². The van der Waals surface area contributed by atoms with E-state index in [2.05, 4.69) is 25.5 Å². The highest BCUT2D eigenvalue weighted by molar-refractivity contribution is 7.15.